The van der Waals surface area contributed by atoms with E-state index in [2.05, 4.69) is 10.0 Å². The van der Waals surface area contributed by atoms with E-state index in [9.17, 15) is 13.2 Å². The Hall–Kier alpha value is -3.16. The summed E-state index contributed by atoms with van der Waals surface area (Å²) < 4.78 is 28.3. The fourth-order valence-electron chi connectivity index (χ4n) is 3.86. The van der Waals surface area contributed by atoms with E-state index in [1.165, 1.54) is 6.07 Å². The molecule has 2 N–H and O–H groups in total. The monoisotopic (exact) mass is 449 g/mol. The molecule has 3 aromatic carbocycles. The molecule has 1 saturated heterocycles. The van der Waals surface area contributed by atoms with E-state index in [0.717, 1.165) is 23.2 Å². The molecule has 0 spiro atoms. The third-order valence-electron chi connectivity index (χ3n) is 5.68. The molecule has 4 rings (SSSR count). The second-order valence-corrected chi connectivity index (χ2v) is 9.80. The predicted octanol–water partition coefficient (Wildman–Crippen LogP) is 3.80. The lowest BCUT2D eigenvalue weighted by molar-refractivity contribution is 0.0790. The fourth-order valence-corrected chi connectivity index (χ4v) is 4.90. The van der Waals surface area contributed by atoms with Crippen LogP contribution in [0.3, 0.4) is 0 Å². The Bertz CT molecular complexity index is 1180. The number of likely N-dealkylation sites (tertiary alicyclic amines) is 1. The molecule has 166 valence electrons. The SMILES string of the molecule is Cc1ccc(S(=O)(=O)NCc2ccccc2)cc1C(=O)N1CCC(Nc2ccccc2)C1. The number of hydrogen-bond donors (Lipinski definition) is 2. The third-order valence-corrected chi connectivity index (χ3v) is 7.08. The van der Waals surface area contributed by atoms with Crippen molar-refractivity contribution in [3.8, 4) is 0 Å². The van der Waals surface area contributed by atoms with E-state index in [0.29, 0.717) is 18.7 Å². The normalized spacial score (nSPS) is 16.2. The molecule has 0 aromatic heterocycles. The van der Waals surface area contributed by atoms with Gasteiger partial charge in [-0.15, -0.1) is 0 Å². The van der Waals surface area contributed by atoms with E-state index < -0.39 is 10.0 Å². The predicted molar refractivity (Wildman–Crippen MR) is 126 cm³/mol. The minimum atomic E-state index is -3.74. The quantitative estimate of drug-likeness (QED) is 0.575. The van der Waals surface area contributed by atoms with Gasteiger partial charge >= 0.3 is 0 Å². The summed E-state index contributed by atoms with van der Waals surface area (Å²) in [5.41, 5.74) is 3.08. The van der Waals surface area contributed by atoms with Gasteiger partial charge in [0.2, 0.25) is 10.0 Å². The van der Waals surface area contributed by atoms with Crippen LogP contribution < -0.4 is 10.0 Å². The summed E-state index contributed by atoms with van der Waals surface area (Å²) in [6.45, 7) is 3.23. The molecule has 6 nitrogen and oxygen atoms in total. The highest BCUT2D eigenvalue weighted by Crippen LogP contribution is 2.22. The standard InChI is InChI=1S/C25H27N3O3S/c1-19-12-13-23(32(30,31)26-17-20-8-4-2-5-9-20)16-24(19)25(29)28-15-14-22(18-28)27-21-10-6-3-7-11-21/h2-13,16,22,26-27H,14-15,17-18H2,1H3. The second-order valence-electron chi connectivity index (χ2n) is 8.03. The molecule has 1 amide bonds. The third kappa shape index (κ3) is 5.18. The number of nitrogens with one attached hydrogen (secondary N) is 2. The van der Waals surface area contributed by atoms with Crippen LogP contribution in [0.15, 0.2) is 83.8 Å². The van der Waals surface area contributed by atoms with Crippen molar-refractivity contribution in [2.45, 2.75) is 30.8 Å². The van der Waals surface area contributed by atoms with Gasteiger partial charge < -0.3 is 10.2 Å². The Balaban J connectivity index is 1.45. The van der Waals surface area contributed by atoms with Gasteiger partial charge in [0, 0.05) is 36.9 Å². The number of para-hydroxylation sites is 1. The number of nitrogens with zero attached hydrogens (tertiary/aromatic N) is 1. The molecule has 0 saturated carbocycles. The van der Waals surface area contributed by atoms with Gasteiger partial charge in [-0.05, 0) is 48.7 Å². The van der Waals surface area contributed by atoms with E-state index in [1.54, 1.807) is 17.0 Å². The maximum Gasteiger partial charge on any atom is 0.254 e. The molecule has 1 atom stereocenters. The van der Waals surface area contributed by atoms with Crippen molar-refractivity contribution in [1.82, 2.24) is 9.62 Å². The van der Waals surface area contributed by atoms with Gasteiger partial charge in [0.25, 0.3) is 5.91 Å². The maximum atomic E-state index is 13.2. The Labute approximate surface area is 189 Å². The van der Waals surface area contributed by atoms with Gasteiger partial charge in [0.15, 0.2) is 0 Å². The van der Waals surface area contributed by atoms with E-state index in [-0.39, 0.29) is 23.4 Å². The van der Waals surface area contributed by atoms with Gasteiger partial charge in [-0.2, -0.15) is 0 Å². The summed E-state index contributed by atoms with van der Waals surface area (Å²) in [6, 6.07) is 24.2. The van der Waals surface area contributed by atoms with Crippen LogP contribution in [0.4, 0.5) is 5.69 Å². The molecule has 1 heterocycles. The lowest BCUT2D eigenvalue weighted by Gasteiger charge is -2.19. The zero-order valence-corrected chi connectivity index (χ0v) is 18.8. The number of aryl methyl sites for hydroxylation is 1. The summed E-state index contributed by atoms with van der Waals surface area (Å²) in [5, 5.41) is 3.46. The molecular formula is C25H27N3O3S. The van der Waals surface area contributed by atoms with Crippen molar-refractivity contribution in [3.05, 3.63) is 95.6 Å². The number of hydrogen-bond acceptors (Lipinski definition) is 4. The smallest absolute Gasteiger partial charge is 0.254 e. The highest BCUT2D eigenvalue weighted by molar-refractivity contribution is 7.89. The molecule has 1 fully saturated rings. The Kier molecular flexibility index (Phi) is 6.58. The van der Waals surface area contributed by atoms with Crippen LogP contribution in [0, 0.1) is 6.92 Å². The molecule has 1 aliphatic rings. The largest absolute Gasteiger partial charge is 0.380 e. The maximum absolute atomic E-state index is 13.2. The van der Waals surface area contributed by atoms with Crippen LogP contribution in [0.2, 0.25) is 0 Å². The van der Waals surface area contributed by atoms with Crippen molar-refractivity contribution >= 4 is 21.6 Å². The van der Waals surface area contributed by atoms with Gasteiger partial charge in [-0.25, -0.2) is 13.1 Å². The molecule has 1 unspecified atom stereocenters. The lowest BCUT2D eigenvalue weighted by atomic mass is 10.1. The van der Waals surface area contributed by atoms with E-state index in [4.69, 9.17) is 0 Å². The first-order valence-corrected chi connectivity index (χ1v) is 12.2. The molecule has 0 aliphatic carbocycles. The minimum Gasteiger partial charge on any atom is -0.380 e. The number of carbonyl (C=O) groups excluding carboxylic acids is 1. The first-order chi connectivity index (χ1) is 15.4. The fraction of sp³-hybridized carbons (Fsp3) is 0.240. The van der Waals surface area contributed by atoms with Crippen molar-refractivity contribution < 1.29 is 13.2 Å². The average molecular weight is 450 g/mol. The highest BCUT2D eigenvalue weighted by atomic mass is 32.2. The van der Waals surface area contributed by atoms with Crippen molar-refractivity contribution in [2.75, 3.05) is 18.4 Å². The summed E-state index contributed by atoms with van der Waals surface area (Å²) in [6.07, 6.45) is 0.844. The molecule has 0 bridgehead atoms. The molecule has 3 aromatic rings. The van der Waals surface area contributed by atoms with Crippen LogP contribution >= 0.6 is 0 Å². The first kappa shape index (κ1) is 22.0. The number of benzene rings is 3. The second kappa shape index (κ2) is 9.54. The van der Waals surface area contributed by atoms with Gasteiger partial charge in [0.1, 0.15) is 0 Å². The summed E-state index contributed by atoms with van der Waals surface area (Å²) in [4.78, 5) is 15.1. The Morgan fingerprint density at radius 3 is 2.41 bits per heavy atom. The lowest BCUT2D eigenvalue weighted by Crippen LogP contribution is -2.32. The van der Waals surface area contributed by atoms with Gasteiger partial charge in [-0.3, -0.25) is 4.79 Å². The number of carbonyl (C=O) groups is 1. The van der Waals surface area contributed by atoms with Crippen molar-refractivity contribution in [3.63, 3.8) is 0 Å². The van der Waals surface area contributed by atoms with Crippen LogP contribution in [0.5, 0.6) is 0 Å². The first-order valence-electron chi connectivity index (χ1n) is 10.7. The average Bonchev–Trinajstić information content (AvgIpc) is 3.27. The summed E-state index contributed by atoms with van der Waals surface area (Å²) in [7, 11) is -3.74. The van der Waals surface area contributed by atoms with Gasteiger partial charge in [-0.1, -0.05) is 54.6 Å². The molecule has 1 aliphatic heterocycles. The zero-order valence-electron chi connectivity index (χ0n) is 18.0. The van der Waals surface area contributed by atoms with Crippen LogP contribution in [0.25, 0.3) is 0 Å². The number of amides is 1. The number of sulfonamides is 1. The molecule has 0 radical (unpaired) electrons. The van der Waals surface area contributed by atoms with Crippen LogP contribution in [-0.2, 0) is 16.6 Å². The number of rotatable bonds is 7. The van der Waals surface area contributed by atoms with Gasteiger partial charge in [0.05, 0.1) is 4.90 Å². The van der Waals surface area contributed by atoms with Crippen LogP contribution in [-0.4, -0.2) is 38.4 Å². The Morgan fingerprint density at radius 2 is 1.69 bits per heavy atom. The van der Waals surface area contributed by atoms with Crippen LogP contribution in [0.1, 0.15) is 27.9 Å². The topological polar surface area (TPSA) is 78.5 Å². The van der Waals surface area contributed by atoms with E-state index in [1.807, 2.05) is 67.6 Å². The van der Waals surface area contributed by atoms with Crippen molar-refractivity contribution in [2.24, 2.45) is 0 Å². The molecular weight excluding hydrogens is 422 g/mol. The molecule has 7 heteroatoms. The zero-order chi connectivity index (χ0) is 22.6. The summed E-state index contributed by atoms with van der Waals surface area (Å²) in [5.74, 6) is -0.139. The van der Waals surface area contributed by atoms with Crippen molar-refractivity contribution in [1.29, 1.82) is 0 Å². The van der Waals surface area contributed by atoms with E-state index >= 15 is 0 Å². The Morgan fingerprint density at radius 1 is 1.00 bits per heavy atom. The summed E-state index contributed by atoms with van der Waals surface area (Å²) >= 11 is 0. The molecule has 32 heavy (non-hydrogen) atoms. The minimum absolute atomic E-state index is 0.0977. The number of anilines is 1. The highest BCUT2D eigenvalue weighted by Gasteiger charge is 2.28.